The van der Waals surface area contributed by atoms with Gasteiger partial charge in [-0.05, 0) is 37.0 Å². The first-order valence-electron chi connectivity index (χ1n) is 6.43. The Morgan fingerprint density at radius 1 is 1.37 bits per heavy atom. The summed E-state index contributed by atoms with van der Waals surface area (Å²) in [4.78, 5) is 13.8. The number of nitrogens with zero attached hydrogens (tertiary/aromatic N) is 1. The second kappa shape index (κ2) is 7.46. The Balaban J connectivity index is 0.00000180. The molecule has 0 saturated carbocycles. The predicted octanol–water partition coefficient (Wildman–Crippen LogP) is 2.13. The summed E-state index contributed by atoms with van der Waals surface area (Å²) in [6.07, 6.45) is 3.12. The third-order valence-corrected chi connectivity index (χ3v) is 3.35. The molecule has 0 spiro atoms. The molecular weight excluding hydrogens is 267 g/mol. The molecule has 0 bridgehead atoms. The first-order chi connectivity index (χ1) is 8.65. The molecule has 1 heterocycles. The molecule has 1 aliphatic rings. The topological polar surface area (TPSA) is 46.3 Å². The van der Waals surface area contributed by atoms with Crippen LogP contribution in [0.1, 0.15) is 24.8 Å². The van der Waals surface area contributed by atoms with E-state index in [-0.39, 0.29) is 30.2 Å². The first-order valence-corrected chi connectivity index (χ1v) is 6.43. The minimum atomic E-state index is -0.243. The van der Waals surface area contributed by atoms with Crippen molar-refractivity contribution in [1.82, 2.24) is 4.90 Å². The fourth-order valence-electron chi connectivity index (χ4n) is 2.30. The number of aryl methyl sites for hydroxylation is 1. The van der Waals surface area contributed by atoms with Crippen molar-refractivity contribution >= 4 is 18.3 Å². The summed E-state index contributed by atoms with van der Waals surface area (Å²) in [5.41, 5.74) is 6.84. The highest BCUT2D eigenvalue weighted by Crippen LogP contribution is 2.11. The molecule has 1 amide bonds. The lowest BCUT2D eigenvalue weighted by Crippen LogP contribution is -2.45. The minimum Gasteiger partial charge on any atom is -0.341 e. The van der Waals surface area contributed by atoms with E-state index in [9.17, 15) is 9.18 Å². The molecule has 1 aromatic rings. The van der Waals surface area contributed by atoms with Crippen LogP contribution in [0.3, 0.4) is 0 Å². The van der Waals surface area contributed by atoms with E-state index in [4.69, 9.17) is 5.73 Å². The molecule has 2 rings (SSSR count). The van der Waals surface area contributed by atoms with Crippen LogP contribution in [0.15, 0.2) is 24.3 Å². The monoisotopic (exact) mass is 286 g/mol. The van der Waals surface area contributed by atoms with Crippen LogP contribution in [0, 0.1) is 5.82 Å². The summed E-state index contributed by atoms with van der Waals surface area (Å²) in [5, 5.41) is 0. The van der Waals surface area contributed by atoms with Crippen molar-refractivity contribution in [2.75, 3.05) is 13.1 Å². The van der Waals surface area contributed by atoms with E-state index >= 15 is 0 Å². The number of hydrogen-bond donors (Lipinski definition) is 1. The fourth-order valence-corrected chi connectivity index (χ4v) is 2.30. The number of piperidine rings is 1. The maximum atomic E-state index is 12.7. The van der Waals surface area contributed by atoms with Crippen LogP contribution in [0.4, 0.5) is 4.39 Å². The molecule has 1 saturated heterocycles. The molecule has 19 heavy (non-hydrogen) atoms. The summed E-state index contributed by atoms with van der Waals surface area (Å²) in [6, 6.07) is 6.43. The molecule has 1 aliphatic heterocycles. The normalized spacial score (nSPS) is 18.8. The van der Waals surface area contributed by atoms with Crippen LogP contribution in [0.25, 0.3) is 0 Å². The molecule has 0 aliphatic carbocycles. The van der Waals surface area contributed by atoms with E-state index in [1.54, 1.807) is 12.1 Å². The number of carbonyl (C=O) groups is 1. The van der Waals surface area contributed by atoms with E-state index in [1.807, 2.05) is 4.90 Å². The summed E-state index contributed by atoms with van der Waals surface area (Å²) in [7, 11) is 0. The number of nitrogens with two attached hydrogens (primary N) is 1. The number of rotatable bonds is 3. The molecule has 0 aromatic heterocycles. The molecular formula is C14H20ClFN2O. The largest absolute Gasteiger partial charge is 0.341 e. The van der Waals surface area contributed by atoms with E-state index in [1.165, 1.54) is 12.1 Å². The second-order valence-electron chi connectivity index (χ2n) is 4.87. The van der Waals surface area contributed by atoms with E-state index in [2.05, 4.69) is 0 Å². The number of hydrogen-bond acceptors (Lipinski definition) is 2. The predicted molar refractivity (Wildman–Crippen MR) is 75.8 cm³/mol. The van der Waals surface area contributed by atoms with Crippen LogP contribution in [0.5, 0.6) is 0 Å². The SMILES string of the molecule is Cl.NC1CCCN(C(=O)CCc2ccc(F)cc2)C1. The lowest BCUT2D eigenvalue weighted by atomic mass is 10.0. The fraction of sp³-hybridized carbons (Fsp3) is 0.500. The highest BCUT2D eigenvalue weighted by molar-refractivity contribution is 5.85. The summed E-state index contributed by atoms with van der Waals surface area (Å²) >= 11 is 0. The highest BCUT2D eigenvalue weighted by Gasteiger charge is 2.20. The van der Waals surface area contributed by atoms with Gasteiger partial charge in [0.05, 0.1) is 0 Å². The molecule has 1 fully saturated rings. The van der Waals surface area contributed by atoms with Gasteiger partial charge in [0.2, 0.25) is 5.91 Å². The van der Waals surface area contributed by atoms with Gasteiger partial charge in [-0.2, -0.15) is 0 Å². The van der Waals surface area contributed by atoms with Gasteiger partial charge in [0.15, 0.2) is 0 Å². The third-order valence-electron chi connectivity index (χ3n) is 3.35. The Kier molecular flexibility index (Phi) is 6.25. The molecule has 3 nitrogen and oxygen atoms in total. The molecule has 1 atom stereocenters. The van der Waals surface area contributed by atoms with Gasteiger partial charge in [0.1, 0.15) is 5.82 Å². The van der Waals surface area contributed by atoms with Gasteiger partial charge in [0, 0.05) is 25.6 Å². The molecule has 0 radical (unpaired) electrons. The van der Waals surface area contributed by atoms with Crippen molar-refractivity contribution in [3.63, 3.8) is 0 Å². The third kappa shape index (κ3) is 4.80. The Labute approximate surface area is 119 Å². The van der Waals surface area contributed by atoms with Crippen molar-refractivity contribution in [3.8, 4) is 0 Å². The van der Waals surface area contributed by atoms with Crippen LogP contribution in [-0.2, 0) is 11.2 Å². The van der Waals surface area contributed by atoms with Crippen molar-refractivity contribution < 1.29 is 9.18 Å². The van der Waals surface area contributed by atoms with Crippen LogP contribution < -0.4 is 5.73 Å². The highest BCUT2D eigenvalue weighted by atomic mass is 35.5. The number of halogens is 2. The number of likely N-dealkylation sites (tertiary alicyclic amines) is 1. The molecule has 5 heteroatoms. The van der Waals surface area contributed by atoms with Crippen molar-refractivity contribution in [1.29, 1.82) is 0 Å². The van der Waals surface area contributed by atoms with E-state index in [0.29, 0.717) is 19.4 Å². The zero-order valence-electron chi connectivity index (χ0n) is 10.8. The maximum Gasteiger partial charge on any atom is 0.222 e. The Morgan fingerprint density at radius 3 is 2.68 bits per heavy atom. The lowest BCUT2D eigenvalue weighted by Gasteiger charge is -2.30. The Bertz CT molecular complexity index is 410. The van der Waals surface area contributed by atoms with Gasteiger partial charge in [-0.15, -0.1) is 12.4 Å². The van der Waals surface area contributed by atoms with Crippen molar-refractivity contribution in [3.05, 3.63) is 35.6 Å². The van der Waals surface area contributed by atoms with Crippen LogP contribution in [0.2, 0.25) is 0 Å². The lowest BCUT2D eigenvalue weighted by molar-refractivity contribution is -0.132. The zero-order valence-corrected chi connectivity index (χ0v) is 11.7. The average Bonchev–Trinajstić information content (AvgIpc) is 2.38. The standard InChI is InChI=1S/C14H19FN2O.ClH/c15-12-6-3-11(4-7-12)5-8-14(18)17-9-1-2-13(16)10-17;/h3-4,6-7,13H,1-2,5,8-10,16H2;1H. The zero-order chi connectivity index (χ0) is 13.0. The summed E-state index contributed by atoms with van der Waals surface area (Å²) in [5.74, 6) is -0.0958. The maximum absolute atomic E-state index is 12.7. The quantitative estimate of drug-likeness (QED) is 0.925. The van der Waals surface area contributed by atoms with E-state index < -0.39 is 0 Å². The van der Waals surface area contributed by atoms with E-state index in [0.717, 1.165) is 24.9 Å². The first kappa shape index (κ1) is 15.9. The molecule has 1 unspecified atom stereocenters. The number of benzene rings is 1. The van der Waals surface area contributed by atoms with Gasteiger partial charge in [-0.1, -0.05) is 12.1 Å². The van der Waals surface area contributed by atoms with Crippen molar-refractivity contribution in [2.24, 2.45) is 5.73 Å². The average molecular weight is 287 g/mol. The molecule has 2 N–H and O–H groups in total. The second-order valence-corrected chi connectivity index (χ2v) is 4.87. The Hall–Kier alpha value is -1.13. The van der Waals surface area contributed by atoms with Gasteiger partial charge in [-0.25, -0.2) is 4.39 Å². The van der Waals surface area contributed by atoms with Crippen LogP contribution >= 0.6 is 12.4 Å². The van der Waals surface area contributed by atoms with Crippen LogP contribution in [-0.4, -0.2) is 29.9 Å². The van der Waals surface area contributed by atoms with Gasteiger partial charge >= 0.3 is 0 Å². The number of amides is 1. The summed E-state index contributed by atoms with van der Waals surface area (Å²) < 4.78 is 12.7. The summed E-state index contributed by atoms with van der Waals surface area (Å²) in [6.45, 7) is 1.48. The minimum absolute atomic E-state index is 0. The van der Waals surface area contributed by atoms with Gasteiger partial charge in [0.25, 0.3) is 0 Å². The van der Waals surface area contributed by atoms with Gasteiger partial charge in [-0.3, -0.25) is 4.79 Å². The smallest absolute Gasteiger partial charge is 0.222 e. The van der Waals surface area contributed by atoms with Crippen molar-refractivity contribution in [2.45, 2.75) is 31.7 Å². The van der Waals surface area contributed by atoms with Gasteiger partial charge < -0.3 is 10.6 Å². The number of carbonyl (C=O) groups excluding carboxylic acids is 1. The molecule has 1 aromatic carbocycles. The molecule has 106 valence electrons. The Morgan fingerprint density at radius 2 is 2.05 bits per heavy atom.